The molecule has 10 heavy (non-hydrogen) atoms. The molecule has 0 unspecified atom stereocenters. The van der Waals surface area contributed by atoms with Gasteiger partial charge in [0.2, 0.25) is 0 Å². The van der Waals surface area contributed by atoms with E-state index in [0.717, 1.165) is 5.46 Å². The zero-order valence-electron chi connectivity index (χ0n) is 6.46. The van der Waals surface area contributed by atoms with Crippen LogP contribution in [0, 0.1) is 0 Å². The Morgan fingerprint density at radius 3 is 2.40 bits per heavy atom. The van der Waals surface area contributed by atoms with E-state index in [1.165, 1.54) is 5.56 Å². The molecule has 0 atom stereocenters. The molecule has 0 aromatic heterocycles. The number of benzene rings is 1. The molecule has 0 nitrogen and oxygen atoms in total. The van der Waals surface area contributed by atoms with Crippen molar-refractivity contribution in [2.45, 2.75) is 19.8 Å². The van der Waals surface area contributed by atoms with Gasteiger partial charge in [-0.3, -0.25) is 0 Å². The molecule has 1 aromatic rings. The summed E-state index contributed by atoms with van der Waals surface area (Å²) < 4.78 is 0. The molecular weight excluding hydrogens is 119 g/mol. The first-order valence-corrected chi connectivity index (χ1v) is 3.55. The van der Waals surface area contributed by atoms with Crippen molar-refractivity contribution in [2.24, 2.45) is 0 Å². The predicted molar refractivity (Wildman–Crippen MR) is 45.9 cm³/mol. The Morgan fingerprint density at radius 2 is 2.00 bits per heavy atom. The lowest BCUT2D eigenvalue weighted by atomic mass is 9.91. The summed E-state index contributed by atoms with van der Waals surface area (Å²) in [4.78, 5) is 0. The molecule has 0 bridgehead atoms. The van der Waals surface area contributed by atoms with Gasteiger partial charge >= 0.3 is 0 Å². The highest BCUT2D eigenvalue weighted by Crippen LogP contribution is 2.10. The summed E-state index contributed by atoms with van der Waals surface area (Å²) in [5.41, 5.74) is 2.16. The minimum absolute atomic E-state index is 0.573. The lowest BCUT2D eigenvalue weighted by molar-refractivity contribution is 0.868. The quantitative estimate of drug-likeness (QED) is 0.506. The van der Waals surface area contributed by atoms with Crippen molar-refractivity contribution >= 4 is 13.3 Å². The third kappa shape index (κ3) is 1.63. The van der Waals surface area contributed by atoms with E-state index in [-0.39, 0.29) is 0 Å². The molecule has 0 saturated carbocycles. The summed E-state index contributed by atoms with van der Waals surface area (Å²) in [7, 11) is 5.60. The van der Waals surface area contributed by atoms with Crippen LogP contribution in [0.5, 0.6) is 0 Å². The molecule has 0 heterocycles. The third-order valence-electron chi connectivity index (χ3n) is 1.58. The number of rotatable bonds is 1. The van der Waals surface area contributed by atoms with E-state index in [1.54, 1.807) is 0 Å². The van der Waals surface area contributed by atoms with Gasteiger partial charge in [0, 0.05) is 0 Å². The summed E-state index contributed by atoms with van der Waals surface area (Å²) in [5.74, 6) is 0.573. The van der Waals surface area contributed by atoms with Crippen LogP contribution in [-0.4, -0.2) is 7.85 Å². The van der Waals surface area contributed by atoms with Crippen LogP contribution in [0.15, 0.2) is 24.3 Å². The SMILES string of the molecule is [B]c1cccc(C(C)C)c1. The lowest BCUT2D eigenvalue weighted by Gasteiger charge is -2.04. The largest absolute Gasteiger partial charge is 0.113 e. The van der Waals surface area contributed by atoms with E-state index in [0.29, 0.717) is 5.92 Å². The van der Waals surface area contributed by atoms with Crippen LogP contribution in [0.1, 0.15) is 25.3 Å². The highest BCUT2D eigenvalue weighted by molar-refractivity contribution is 6.32. The van der Waals surface area contributed by atoms with Crippen molar-refractivity contribution in [1.29, 1.82) is 0 Å². The molecule has 0 saturated heterocycles. The van der Waals surface area contributed by atoms with Gasteiger partial charge in [0.05, 0.1) is 0 Å². The Balaban J connectivity index is 2.96. The van der Waals surface area contributed by atoms with Gasteiger partial charge in [0.15, 0.2) is 0 Å². The molecule has 0 N–H and O–H groups in total. The van der Waals surface area contributed by atoms with Crippen LogP contribution in [0.3, 0.4) is 0 Å². The summed E-state index contributed by atoms with van der Waals surface area (Å²) in [6.45, 7) is 4.32. The second-order valence-electron chi connectivity index (χ2n) is 2.82. The fraction of sp³-hybridized carbons (Fsp3) is 0.333. The van der Waals surface area contributed by atoms with Gasteiger partial charge in [0.25, 0.3) is 0 Å². The first-order chi connectivity index (χ1) is 4.70. The van der Waals surface area contributed by atoms with Gasteiger partial charge < -0.3 is 0 Å². The molecule has 0 fully saturated rings. The lowest BCUT2D eigenvalue weighted by Crippen LogP contribution is -2.02. The van der Waals surface area contributed by atoms with Crippen molar-refractivity contribution in [3.05, 3.63) is 29.8 Å². The van der Waals surface area contributed by atoms with E-state index < -0.39 is 0 Å². The van der Waals surface area contributed by atoms with Gasteiger partial charge in [0.1, 0.15) is 7.85 Å². The average molecular weight is 130 g/mol. The Hall–Kier alpha value is -0.715. The maximum absolute atomic E-state index is 5.60. The van der Waals surface area contributed by atoms with E-state index in [1.807, 2.05) is 18.2 Å². The maximum Gasteiger partial charge on any atom is 0.113 e. The average Bonchev–Trinajstić information content (AvgIpc) is 1.88. The summed E-state index contributed by atoms with van der Waals surface area (Å²) >= 11 is 0. The van der Waals surface area contributed by atoms with E-state index >= 15 is 0 Å². The smallest absolute Gasteiger partial charge is 0.0964 e. The zero-order valence-corrected chi connectivity index (χ0v) is 6.46. The molecule has 0 aliphatic carbocycles. The highest BCUT2D eigenvalue weighted by Gasteiger charge is 1.95. The van der Waals surface area contributed by atoms with E-state index in [2.05, 4.69) is 19.9 Å². The molecule has 1 heteroatoms. The molecule has 1 aromatic carbocycles. The second kappa shape index (κ2) is 2.91. The third-order valence-corrected chi connectivity index (χ3v) is 1.58. The first-order valence-electron chi connectivity index (χ1n) is 3.55. The molecule has 0 aliphatic heterocycles. The van der Waals surface area contributed by atoms with E-state index in [9.17, 15) is 0 Å². The first kappa shape index (κ1) is 7.39. The standard InChI is InChI=1S/C9H11B/c1-7(2)8-4-3-5-9(10)6-8/h3-7H,1-2H3. The van der Waals surface area contributed by atoms with Crippen molar-refractivity contribution in [3.8, 4) is 0 Å². The normalized spacial score (nSPS) is 10.3. The van der Waals surface area contributed by atoms with Crippen molar-refractivity contribution < 1.29 is 0 Å². The van der Waals surface area contributed by atoms with E-state index in [4.69, 9.17) is 7.85 Å². The number of hydrogen-bond donors (Lipinski definition) is 0. The Morgan fingerprint density at radius 1 is 1.30 bits per heavy atom. The van der Waals surface area contributed by atoms with Gasteiger partial charge in [-0.1, -0.05) is 43.6 Å². The van der Waals surface area contributed by atoms with Gasteiger partial charge in [-0.25, -0.2) is 0 Å². The monoisotopic (exact) mass is 130 g/mol. The van der Waals surface area contributed by atoms with Crippen LogP contribution >= 0.6 is 0 Å². The molecular formula is C9H11B. The Labute approximate surface area is 63.7 Å². The predicted octanol–water partition coefficient (Wildman–Crippen LogP) is 1.60. The van der Waals surface area contributed by atoms with Crippen molar-refractivity contribution in [2.75, 3.05) is 0 Å². The molecule has 50 valence electrons. The molecule has 1 rings (SSSR count). The highest BCUT2D eigenvalue weighted by atomic mass is 14.0. The van der Waals surface area contributed by atoms with Crippen LogP contribution in [0.2, 0.25) is 0 Å². The maximum atomic E-state index is 5.60. The minimum atomic E-state index is 0.573. The molecule has 0 aliphatic rings. The van der Waals surface area contributed by atoms with Crippen molar-refractivity contribution in [1.82, 2.24) is 0 Å². The topological polar surface area (TPSA) is 0 Å². The van der Waals surface area contributed by atoms with Gasteiger partial charge in [-0.2, -0.15) is 0 Å². The summed E-state index contributed by atoms with van der Waals surface area (Å²) in [6, 6.07) is 8.02. The fourth-order valence-electron chi connectivity index (χ4n) is 0.918. The van der Waals surface area contributed by atoms with Crippen LogP contribution < -0.4 is 5.46 Å². The van der Waals surface area contributed by atoms with Crippen LogP contribution in [0.4, 0.5) is 0 Å². The van der Waals surface area contributed by atoms with Gasteiger partial charge in [-0.05, 0) is 11.5 Å². The van der Waals surface area contributed by atoms with Gasteiger partial charge in [-0.15, -0.1) is 0 Å². The van der Waals surface area contributed by atoms with Crippen molar-refractivity contribution in [3.63, 3.8) is 0 Å². The minimum Gasteiger partial charge on any atom is -0.0964 e. The second-order valence-corrected chi connectivity index (χ2v) is 2.82. The summed E-state index contributed by atoms with van der Waals surface area (Å²) in [5, 5.41) is 0. The fourth-order valence-corrected chi connectivity index (χ4v) is 0.918. The molecule has 0 amide bonds. The zero-order chi connectivity index (χ0) is 7.56. The van der Waals surface area contributed by atoms with Crippen LogP contribution in [-0.2, 0) is 0 Å². The Bertz CT molecular complexity index is 216. The Kier molecular flexibility index (Phi) is 2.15. The van der Waals surface area contributed by atoms with Crippen LogP contribution in [0.25, 0.3) is 0 Å². The molecule has 0 spiro atoms. The number of hydrogen-bond acceptors (Lipinski definition) is 0. The summed E-state index contributed by atoms with van der Waals surface area (Å²) in [6.07, 6.45) is 0. The molecule has 2 radical (unpaired) electrons.